The zero-order chi connectivity index (χ0) is 24.7. The van der Waals surface area contributed by atoms with E-state index in [4.69, 9.17) is 38.3 Å². The van der Waals surface area contributed by atoms with Crippen LogP contribution in [0.4, 0.5) is 0 Å². The van der Waals surface area contributed by atoms with Gasteiger partial charge in [-0.05, 0) is 48.9 Å². The summed E-state index contributed by atoms with van der Waals surface area (Å²) in [7, 11) is 1.59. The van der Waals surface area contributed by atoms with Crippen molar-refractivity contribution in [2.24, 2.45) is 0 Å². The quantitative estimate of drug-likeness (QED) is 0.304. The molecule has 0 bridgehead atoms. The second-order valence-corrected chi connectivity index (χ2v) is 8.80. The first-order chi connectivity index (χ1) is 16.9. The monoisotopic (exact) mass is 500 g/mol. The van der Waals surface area contributed by atoms with Crippen LogP contribution >= 0.6 is 23.2 Å². The van der Waals surface area contributed by atoms with E-state index in [0.29, 0.717) is 55.1 Å². The van der Waals surface area contributed by atoms with Gasteiger partial charge in [0, 0.05) is 21.7 Å². The fourth-order valence-corrected chi connectivity index (χ4v) is 4.58. The second kappa shape index (κ2) is 8.95. The number of benzene rings is 3. The summed E-state index contributed by atoms with van der Waals surface area (Å²) in [6.07, 6.45) is 0. The Labute approximate surface area is 210 Å². The van der Waals surface area contributed by atoms with E-state index in [1.807, 2.05) is 42.5 Å². The van der Waals surface area contributed by atoms with Gasteiger partial charge in [-0.3, -0.25) is 4.79 Å². The molecule has 2 aromatic heterocycles. The van der Waals surface area contributed by atoms with Gasteiger partial charge in [0.05, 0.1) is 35.0 Å². The molecule has 8 heteroatoms. The van der Waals surface area contributed by atoms with Crippen molar-refractivity contribution >= 4 is 28.8 Å². The highest BCUT2D eigenvalue weighted by atomic mass is 35.5. The van der Waals surface area contributed by atoms with E-state index in [1.54, 1.807) is 38.3 Å². The van der Waals surface area contributed by atoms with Crippen LogP contribution in [0.15, 0.2) is 71.5 Å². The molecule has 172 valence electrons. The fraction of sp³-hybridized carbons (Fsp3) is 0.0741. The van der Waals surface area contributed by atoms with Gasteiger partial charge < -0.3 is 9.72 Å². The molecule has 0 radical (unpaired) electrons. The first-order valence-electron chi connectivity index (χ1n) is 10.7. The molecule has 0 fully saturated rings. The topological polar surface area (TPSA) is 83.2 Å². The molecule has 0 aliphatic rings. The van der Waals surface area contributed by atoms with Crippen LogP contribution in [0.3, 0.4) is 0 Å². The molecular formula is C27H18Cl2N4O2. The van der Waals surface area contributed by atoms with Crippen LogP contribution in [0.25, 0.3) is 39.3 Å². The molecule has 0 aliphatic carbocycles. The van der Waals surface area contributed by atoms with Crippen LogP contribution in [0.2, 0.25) is 10.0 Å². The Bertz CT molecular complexity index is 1700. The number of nitriles is 1. The second-order valence-electron chi connectivity index (χ2n) is 7.96. The third-order valence-electron chi connectivity index (χ3n) is 5.86. The van der Waals surface area contributed by atoms with Gasteiger partial charge in [-0.25, -0.2) is 0 Å². The van der Waals surface area contributed by atoms with Crippen LogP contribution in [0.1, 0.15) is 11.1 Å². The van der Waals surface area contributed by atoms with Gasteiger partial charge in [-0.2, -0.15) is 14.9 Å². The SMILES string of the molecule is COc1cccc(-c2nn3c(=O)c(C)c(-c4ccc(C#N)cc4)[nH]c3c2-c2ccc(Cl)cc2Cl)c1. The lowest BCUT2D eigenvalue weighted by Gasteiger charge is -2.10. The van der Waals surface area contributed by atoms with Crippen molar-refractivity contribution < 1.29 is 4.74 Å². The Hall–Kier alpha value is -4.05. The average Bonchev–Trinajstić information content (AvgIpc) is 3.26. The first-order valence-corrected chi connectivity index (χ1v) is 11.4. The molecule has 0 unspecified atom stereocenters. The van der Waals surface area contributed by atoms with Crippen molar-refractivity contribution in [2.75, 3.05) is 7.11 Å². The summed E-state index contributed by atoms with van der Waals surface area (Å²) in [5, 5.41) is 14.8. The summed E-state index contributed by atoms with van der Waals surface area (Å²) in [6, 6.07) is 21.8. The van der Waals surface area contributed by atoms with Gasteiger partial charge in [0.15, 0.2) is 0 Å². The van der Waals surface area contributed by atoms with Gasteiger partial charge in [0.1, 0.15) is 17.1 Å². The molecule has 6 nitrogen and oxygen atoms in total. The minimum Gasteiger partial charge on any atom is -0.497 e. The van der Waals surface area contributed by atoms with E-state index < -0.39 is 0 Å². The number of fused-ring (bicyclic) bond motifs is 1. The Morgan fingerprint density at radius 2 is 1.80 bits per heavy atom. The van der Waals surface area contributed by atoms with Crippen molar-refractivity contribution in [3.8, 4) is 45.5 Å². The van der Waals surface area contributed by atoms with Crippen LogP contribution < -0.4 is 10.3 Å². The minimum atomic E-state index is -0.265. The van der Waals surface area contributed by atoms with Crippen molar-refractivity contribution in [3.05, 3.63) is 98.3 Å². The van der Waals surface area contributed by atoms with E-state index in [1.165, 1.54) is 4.52 Å². The number of nitrogens with zero attached hydrogens (tertiary/aromatic N) is 3. The lowest BCUT2D eigenvalue weighted by molar-refractivity contribution is 0.415. The molecule has 5 aromatic rings. The summed E-state index contributed by atoms with van der Waals surface area (Å²) < 4.78 is 6.76. The van der Waals surface area contributed by atoms with Crippen molar-refractivity contribution in [2.45, 2.75) is 6.92 Å². The van der Waals surface area contributed by atoms with E-state index in [2.05, 4.69) is 11.1 Å². The number of hydrogen-bond acceptors (Lipinski definition) is 4. The summed E-state index contributed by atoms with van der Waals surface area (Å²) in [5.74, 6) is 0.661. The van der Waals surface area contributed by atoms with Gasteiger partial charge in [-0.1, -0.05) is 53.5 Å². The van der Waals surface area contributed by atoms with Crippen molar-refractivity contribution in [1.29, 1.82) is 5.26 Å². The van der Waals surface area contributed by atoms with Crippen LogP contribution in [-0.4, -0.2) is 21.7 Å². The number of H-pyrrole nitrogens is 1. The number of nitrogens with one attached hydrogen (secondary N) is 1. The summed E-state index contributed by atoms with van der Waals surface area (Å²) >= 11 is 12.8. The number of rotatable bonds is 4. The largest absolute Gasteiger partial charge is 0.497 e. The fourth-order valence-electron chi connectivity index (χ4n) is 4.08. The van der Waals surface area contributed by atoms with E-state index >= 15 is 0 Å². The Morgan fingerprint density at radius 1 is 1.03 bits per heavy atom. The maximum Gasteiger partial charge on any atom is 0.277 e. The molecule has 0 amide bonds. The highest BCUT2D eigenvalue weighted by molar-refractivity contribution is 6.36. The molecule has 3 aromatic carbocycles. The lowest BCUT2D eigenvalue weighted by atomic mass is 10.0. The molecule has 5 rings (SSSR count). The summed E-state index contributed by atoms with van der Waals surface area (Å²) in [5.41, 5.74) is 5.33. The molecule has 0 saturated carbocycles. The van der Waals surface area contributed by atoms with Crippen LogP contribution in [0.5, 0.6) is 5.75 Å². The Balaban J connectivity index is 1.87. The molecule has 0 atom stereocenters. The third kappa shape index (κ3) is 3.95. The first kappa shape index (κ1) is 22.7. The number of aromatic nitrogens is 3. The highest BCUT2D eigenvalue weighted by Crippen LogP contribution is 2.40. The molecule has 1 N–H and O–H groups in total. The molecule has 0 spiro atoms. The third-order valence-corrected chi connectivity index (χ3v) is 6.41. The van der Waals surface area contributed by atoms with E-state index in [0.717, 1.165) is 11.1 Å². The van der Waals surface area contributed by atoms with Gasteiger partial charge in [-0.15, -0.1) is 0 Å². The number of hydrogen-bond donors (Lipinski definition) is 1. The van der Waals surface area contributed by atoms with Crippen LogP contribution in [0, 0.1) is 18.3 Å². The van der Waals surface area contributed by atoms with Crippen molar-refractivity contribution in [3.63, 3.8) is 0 Å². The van der Waals surface area contributed by atoms with E-state index in [9.17, 15) is 4.79 Å². The number of aromatic amines is 1. The zero-order valence-electron chi connectivity index (χ0n) is 18.8. The standard InChI is InChI=1S/C27H18Cl2N4O2/c1-15-24(17-8-6-16(14-30)7-9-17)31-26-23(21-11-10-19(28)13-22(21)29)25(32-33(26)27(15)34)18-4-3-5-20(12-18)35-2/h3-13,31H,1-2H3. The van der Waals surface area contributed by atoms with Crippen molar-refractivity contribution in [1.82, 2.24) is 14.6 Å². The van der Waals surface area contributed by atoms with E-state index in [-0.39, 0.29) is 5.56 Å². The Morgan fingerprint density at radius 3 is 2.49 bits per heavy atom. The maximum atomic E-state index is 13.5. The van der Waals surface area contributed by atoms with Gasteiger partial charge >= 0.3 is 0 Å². The molecule has 2 heterocycles. The predicted octanol–water partition coefficient (Wildman–Crippen LogP) is 6.52. The molecular weight excluding hydrogens is 483 g/mol. The lowest BCUT2D eigenvalue weighted by Crippen LogP contribution is -2.19. The number of ether oxygens (including phenoxy) is 1. The molecule has 0 saturated heterocycles. The number of methoxy groups -OCH3 is 1. The maximum absolute atomic E-state index is 13.5. The average molecular weight is 501 g/mol. The Kier molecular flexibility index (Phi) is 5.81. The summed E-state index contributed by atoms with van der Waals surface area (Å²) in [4.78, 5) is 16.9. The smallest absolute Gasteiger partial charge is 0.277 e. The predicted molar refractivity (Wildman–Crippen MR) is 138 cm³/mol. The number of halogens is 2. The minimum absolute atomic E-state index is 0.265. The normalized spacial score (nSPS) is 10.9. The highest BCUT2D eigenvalue weighted by Gasteiger charge is 2.23. The summed E-state index contributed by atoms with van der Waals surface area (Å²) in [6.45, 7) is 1.74. The van der Waals surface area contributed by atoms with Gasteiger partial charge in [0.25, 0.3) is 5.56 Å². The van der Waals surface area contributed by atoms with Gasteiger partial charge in [0.2, 0.25) is 0 Å². The molecule has 35 heavy (non-hydrogen) atoms. The zero-order valence-corrected chi connectivity index (χ0v) is 20.3. The van der Waals surface area contributed by atoms with Crippen LogP contribution in [-0.2, 0) is 0 Å². The molecule has 0 aliphatic heterocycles.